The van der Waals surface area contributed by atoms with Crippen molar-refractivity contribution in [2.24, 2.45) is 5.73 Å². The summed E-state index contributed by atoms with van der Waals surface area (Å²) in [5.41, 5.74) is 8.04. The molecule has 0 bridgehead atoms. The Balaban J connectivity index is 1.53. The van der Waals surface area contributed by atoms with Crippen molar-refractivity contribution in [3.8, 4) is 11.5 Å². The van der Waals surface area contributed by atoms with E-state index in [1.54, 1.807) is 0 Å². The molecule has 1 heterocycles. The SMILES string of the molecule is NCCc1ccc(OCC2Cc3ccccc3O2)cc1. The number of rotatable bonds is 5. The fraction of sp³-hybridized carbons (Fsp3) is 0.294. The second kappa shape index (κ2) is 5.97. The molecule has 0 saturated carbocycles. The Morgan fingerprint density at radius 3 is 2.65 bits per heavy atom. The molecule has 0 amide bonds. The van der Waals surface area contributed by atoms with Crippen molar-refractivity contribution in [3.05, 3.63) is 59.7 Å². The lowest BCUT2D eigenvalue weighted by atomic mass is 10.1. The number of hydrogen-bond acceptors (Lipinski definition) is 3. The summed E-state index contributed by atoms with van der Waals surface area (Å²) in [6.45, 7) is 1.25. The van der Waals surface area contributed by atoms with Gasteiger partial charge in [-0.2, -0.15) is 0 Å². The van der Waals surface area contributed by atoms with Crippen LogP contribution in [0.1, 0.15) is 11.1 Å². The summed E-state index contributed by atoms with van der Waals surface area (Å²) in [6, 6.07) is 16.3. The third-order valence-corrected chi connectivity index (χ3v) is 3.51. The molecule has 3 nitrogen and oxygen atoms in total. The lowest BCUT2D eigenvalue weighted by Gasteiger charge is -2.12. The molecule has 0 radical (unpaired) electrons. The Bertz CT molecular complexity index is 540. The van der Waals surface area contributed by atoms with Gasteiger partial charge in [-0.1, -0.05) is 30.3 Å². The van der Waals surface area contributed by atoms with Gasteiger partial charge in [0.15, 0.2) is 0 Å². The van der Waals surface area contributed by atoms with Crippen LogP contribution >= 0.6 is 0 Å². The second-order valence-electron chi connectivity index (χ2n) is 5.05. The topological polar surface area (TPSA) is 44.5 Å². The van der Waals surface area contributed by atoms with Gasteiger partial charge in [0.1, 0.15) is 24.2 Å². The number of nitrogens with two attached hydrogens (primary N) is 1. The summed E-state index contributed by atoms with van der Waals surface area (Å²) in [5.74, 6) is 1.87. The van der Waals surface area contributed by atoms with Crippen LogP contribution in [0.5, 0.6) is 11.5 Å². The Hall–Kier alpha value is -2.00. The van der Waals surface area contributed by atoms with E-state index < -0.39 is 0 Å². The van der Waals surface area contributed by atoms with Crippen LogP contribution in [0.25, 0.3) is 0 Å². The first-order chi connectivity index (χ1) is 9.85. The third kappa shape index (κ3) is 2.94. The first-order valence-corrected chi connectivity index (χ1v) is 7.01. The summed E-state index contributed by atoms with van der Waals surface area (Å²) >= 11 is 0. The highest BCUT2D eigenvalue weighted by Crippen LogP contribution is 2.28. The zero-order valence-electron chi connectivity index (χ0n) is 11.4. The maximum atomic E-state index is 5.85. The molecule has 3 heteroatoms. The molecule has 104 valence electrons. The van der Waals surface area contributed by atoms with E-state index >= 15 is 0 Å². The first kappa shape index (κ1) is 13.0. The van der Waals surface area contributed by atoms with Gasteiger partial charge in [-0.05, 0) is 42.3 Å². The molecule has 2 aromatic carbocycles. The number of fused-ring (bicyclic) bond motifs is 1. The smallest absolute Gasteiger partial charge is 0.137 e. The molecule has 1 aliphatic heterocycles. The second-order valence-corrected chi connectivity index (χ2v) is 5.05. The van der Waals surface area contributed by atoms with Crippen LogP contribution in [0.2, 0.25) is 0 Å². The van der Waals surface area contributed by atoms with Gasteiger partial charge in [-0.15, -0.1) is 0 Å². The average Bonchev–Trinajstić information content (AvgIpc) is 2.90. The molecule has 2 N–H and O–H groups in total. The van der Waals surface area contributed by atoms with E-state index in [2.05, 4.69) is 18.2 Å². The van der Waals surface area contributed by atoms with E-state index in [0.717, 1.165) is 24.3 Å². The maximum absolute atomic E-state index is 5.85. The van der Waals surface area contributed by atoms with Crippen LogP contribution < -0.4 is 15.2 Å². The number of para-hydroxylation sites is 1. The van der Waals surface area contributed by atoms with Crippen LogP contribution in [0, 0.1) is 0 Å². The molecule has 20 heavy (non-hydrogen) atoms. The standard InChI is InChI=1S/C17H19NO2/c18-10-9-13-5-7-15(8-6-13)19-12-16-11-14-3-1-2-4-17(14)20-16/h1-8,16H,9-12,18H2. The zero-order chi connectivity index (χ0) is 13.8. The number of hydrogen-bond donors (Lipinski definition) is 1. The van der Waals surface area contributed by atoms with Gasteiger partial charge in [0.2, 0.25) is 0 Å². The van der Waals surface area contributed by atoms with Crippen LogP contribution in [-0.4, -0.2) is 19.3 Å². The van der Waals surface area contributed by atoms with Gasteiger partial charge in [-0.3, -0.25) is 0 Å². The van der Waals surface area contributed by atoms with Gasteiger partial charge in [-0.25, -0.2) is 0 Å². The summed E-state index contributed by atoms with van der Waals surface area (Å²) in [7, 11) is 0. The Morgan fingerprint density at radius 2 is 1.90 bits per heavy atom. The summed E-state index contributed by atoms with van der Waals surface area (Å²) in [5, 5.41) is 0. The molecule has 0 fully saturated rings. The number of ether oxygens (including phenoxy) is 2. The van der Waals surface area contributed by atoms with Crippen molar-refractivity contribution in [1.82, 2.24) is 0 Å². The molecule has 3 rings (SSSR count). The lowest BCUT2D eigenvalue weighted by Crippen LogP contribution is -2.22. The van der Waals surface area contributed by atoms with Gasteiger partial charge >= 0.3 is 0 Å². The molecular formula is C17H19NO2. The highest BCUT2D eigenvalue weighted by Gasteiger charge is 2.22. The van der Waals surface area contributed by atoms with Gasteiger partial charge in [0.25, 0.3) is 0 Å². The minimum absolute atomic E-state index is 0.108. The predicted molar refractivity (Wildman–Crippen MR) is 79.3 cm³/mol. The molecule has 1 unspecified atom stereocenters. The van der Waals surface area contributed by atoms with Gasteiger partial charge < -0.3 is 15.2 Å². The lowest BCUT2D eigenvalue weighted by molar-refractivity contribution is 0.148. The Kier molecular flexibility index (Phi) is 3.88. The van der Waals surface area contributed by atoms with Crippen molar-refractivity contribution in [1.29, 1.82) is 0 Å². The van der Waals surface area contributed by atoms with Gasteiger partial charge in [0, 0.05) is 6.42 Å². The molecule has 0 spiro atoms. The van der Waals surface area contributed by atoms with Crippen LogP contribution in [0.15, 0.2) is 48.5 Å². The van der Waals surface area contributed by atoms with Crippen LogP contribution in [0.3, 0.4) is 0 Å². The highest BCUT2D eigenvalue weighted by atomic mass is 16.5. The summed E-state index contributed by atoms with van der Waals surface area (Å²) in [4.78, 5) is 0. The Labute approximate surface area is 119 Å². The van der Waals surface area contributed by atoms with E-state index in [1.165, 1.54) is 11.1 Å². The zero-order valence-corrected chi connectivity index (χ0v) is 11.4. The largest absolute Gasteiger partial charge is 0.490 e. The van der Waals surface area contributed by atoms with E-state index in [9.17, 15) is 0 Å². The minimum atomic E-state index is 0.108. The molecule has 0 saturated heterocycles. The predicted octanol–water partition coefficient (Wildman–Crippen LogP) is 2.57. The van der Waals surface area contributed by atoms with E-state index in [0.29, 0.717) is 13.2 Å². The minimum Gasteiger partial charge on any atom is -0.490 e. The van der Waals surface area contributed by atoms with Crippen molar-refractivity contribution >= 4 is 0 Å². The van der Waals surface area contributed by atoms with E-state index in [1.807, 2.05) is 30.3 Å². The fourth-order valence-corrected chi connectivity index (χ4v) is 2.46. The third-order valence-electron chi connectivity index (χ3n) is 3.51. The van der Waals surface area contributed by atoms with Crippen molar-refractivity contribution in [2.45, 2.75) is 18.9 Å². The quantitative estimate of drug-likeness (QED) is 0.907. The first-order valence-electron chi connectivity index (χ1n) is 7.01. The van der Waals surface area contributed by atoms with E-state index in [-0.39, 0.29) is 6.10 Å². The molecule has 2 aromatic rings. The van der Waals surface area contributed by atoms with Crippen LogP contribution in [0.4, 0.5) is 0 Å². The molecule has 0 aliphatic carbocycles. The average molecular weight is 269 g/mol. The van der Waals surface area contributed by atoms with Gasteiger partial charge in [0.05, 0.1) is 0 Å². The monoisotopic (exact) mass is 269 g/mol. The summed E-state index contributed by atoms with van der Waals surface area (Å²) in [6.07, 6.45) is 1.93. The summed E-state index contributed by atoms with van der Waals surface area (Å²) < 4.78 is 11.6. The number of benzene rings is 2. The maximum Gasteiger partial charge on any atom is 0.137 e. The molecule has 1 atom stereocenters. The van der Waals surface area contributed by atoms with Crippen molar-refractivity contribution < 1.29 is 9.47 Å². The van der Waals surface area contributed by atoms with Crippen molar-refractivity contribution in [3.63, 3.8) is 0 Å². The normalized spacial score (nSPS) is 16.6. The molecule has 1 aliphatic rings. The van der Waals surface area contributed by atoms with Crippen molar-refractivity contribution in [2.75, 3.05) is 13.2 Å². The fourth-order valence-electron chi connectivity index (χ4n) is 2.46. The van der Waals surface area contributed by atoms with E-state index in [4.69, 9.17) is 15.2 Å². The Morgan fingerprint density at radius 1 is 1.10 bits per heavy atom. The molecule has 0 aromatic heterocycles. The molecular weight excluding hydrogens is 250 g/mol. The highest BCUT2D eigenvalue weighted by molar-refractivity contribution is 5.37. The van der Waals surface area contributed by atoms with Crippen LogP contribution in [-0.2, 0) is 12.8 Å².